The summed E-state index contributed by atoms with van der Waals surface area (Å²) in [4.78, 5) is 29.5. The number of aromatic nitrogens is 1. The van der Waals surface area contributed by atoms with E-state index in [-0.39, 0.29) is 29.6 Å². The van der Waals surface area contributed by atoms with E-state index in [0.29, 0.717) is 16.9 Å². The molecule has 8 nitrogen and oxygen atoms in total. The van der Waals surface area contributed by atoms with Gasteiger partial charge < -0.3 is 14.1 Å². The Balaban J connectivity index is 1.44. The lowest BCUT2D eigenvalue weighted by Gasteiger charge is -2.17. The number of benzene rings is 2. The summed E-state index contributed by atoms with van der Waals surface area (Å²) < 4.78 is 23.6. The molecule has 0 atom stereocenters. The van der Waals surface area contributed by atoms with Crippen LogP contribution in [0.3, 0.4) is 0 Å². The van der Waals surface area contributed by atoms with Crippen molar-refractivity contribution in [2.45, 2.75) is 19.4 Å². The van der Waals surface area contributed by atoms with E-state index >= 15 is 0 Å². The number of halogens is 1. The lowest BCUT2D eigenvalue weighted by molar-refractivity contribution is -0.384. The highest BCUT2D eigenvalue weighted by atomic mass is 19.1. The summed E-state index contributed by atoms with van der Waals surface area (Å²) in [6, 6.07) is 9.98. The fraction of sp³-hybridized carbons (Fsp3) is 0.238. The second kappa shape index (κ2) is 8.32. The minimum Gasteiger partial charge on any atom is -0.455 e. The van der Waals surface area contributed by atoms with Gasteiger partial charge in [-0.05, 0) is 49.2 Å². The Morgan fingerprint density at radius 2 is 1.93 bits per heavy atom. The highest BCUT2D eigenvalue weighted by Gasteiger charge is 2.24. The summed E-state index contributed by atoms with van der Waals surface area (Å²) >= 11 is 0. The minimum atomic E-state index is -0.697. The molecule has 0 unspecified atom stereocenters. The van der Waals surface area contributed by atoms with Gasteiger partial charge in [0.15, 0.2) is 0 Å². The summed E-state index contributed by atoms with van der Waals surface area (Å²) in [5.41, 5.74) is 1.43. The number of hydrogen-bond acceptors (Lipinski definition) is 7. The van der Waals surface area contributed by atoms with E-state index in [9.17, 15) is 19.3 Å². The molecule has 0 spiro atoms. The molecule has 3 aromatic rings. The monoisotopic (exact) mass is 411 g/mol. The van der Waals surface area contributed by atoms with Crippen LogP contribution in [0.1, 0.15) is 28.9 Å². The fourth-order valence-electron chi connectivity index (χ4n) is 3.34. The Morgan fingerprint density at radius 1 is 1.20 bits per heavy atom. The molecule has 1 aliphatic heterocycles. The van der Waals surface area contributed by atoms with Crippen LogP contribution >= 0.6 is 0 Å². The largest absolute Gasteiger partial charge is 0.455 e. The average molecular weight is 411 g/mol. The van der Waals surface area contributed by atoms with Crippen LogP contribution in [-0.4, -0.2) is 29.0 Å². The topological polar surface area (TPSA) is 98.7 Å². The van der Waals surface area contributed by atoms with Gasteiger partial charge in [0, 0.05) is 24.7 Å². The van der Waals surface area contributed by atoms with Gasteiger partial charge in [0.05, 0.1) is 10.5 Å². The summed E-state index contributed by atoms with van der Waals surface area (Å²) in [6.07, 6.45) is 3.31. The zero-order valence-electron chi connectivity index (χ0n) is 15.9. The molecule has 1 fully saturated rings. The Kier molecular flexibility index (Phi) is 5.42. The predicted octanol–water partition coefficient (Wildman–Crippen LogP) is 4.35. The van der Waals surface area contributed by atoms with E-state index in [0.717, 1.165) is 25.9 Å². The fourth-order valence-corrected chi connectivity index (χ4v) is 3.34. The van der Waals surface area contributed by atoms with Crippen LogP contribution in [0.5, 0.6) is 0 Å². The summed E-state index contributed by atoms with van der Waals surface area (Å²) in [5.74, 6) is -0.798. The highest BCUT2D eigenvalue weighted by molar-refractivity contribution is 5.91. The third-order valence-corrected chi connectivity index (χ3v) is 4.85. The molecule has 0 N–H and O–H groups in total. The van der Waals surface area contributed by atoms with Gasteiger partial charge in [0.25, 0.3) is 5.69 Å². The lowest BCUT2D eigenvalue weighted by atomic mass is 10.1. The molecule has 4 rings (SSSR count). The lowest BCUT2D eigenvalue weighted by Crippen LogP contribution is -2.19. The third-order valence-electron chi connectivity index (χ3n) is 4.85. The highest BCUT2D eigenvalue weighted by Crippen LogP contribution is 2.32. The molecule has 0 aliphatic carbocycles. The van der Waals surface area contributed by atoms with Crippen LogP contribution in [0.15, 0.2) is 53.1 Å². The number of oxazole rings is 1. The first kappa shape index (κ1) is 19.6. The molecular weight excluding hydrogens is 393 g/mol. The van der Waals surface area contributed by atoms with Crippen LogP contribution in [0.4, 0.5) is 15.8 Å². The maximum atomic E-state index is 13.0. The van der Waals surface area contributed by atoms with Crippen molar-refractivity contribution in [3.63, 3.8) is 0 Å². The number of ether oxygens (including phenoxy) is 1. The van der Waals surface area contributed by atoms with Crippen LogP contribution in [-0.2, 0) is 11.3 Å². The molecule has 0 radical (unpaired) electrons. The van der Waals surface area contributed by atoms with Crippen LogP contribution in [0, 0.1) is 15.9 Å². The van der Waals surface area contributed by atoms with Gasteiger partial charge in [-0.25, -0.2) is 14.2 Å². The summed E-state index contributed by atoms with van der Waals surface area (Å²) in [6.45, 7) is 1.35. The van der Waals surface area contributed by atoms with Gasteiger partial charge in [-0.3, -0.25) is 10.1 Å². The van der Waals surface area contributed by atoms with Crippen molar-refractivity contribution < 1.29 is 23.3 Å². The zero-order valence-corrected chi connectivity index (χ0v) is 15.9. The molecule has 1 saturated heterocycles. The first-order valence-corrected chi connectivity index (χ1v) is 9.42. The summed E-state index contributed by atoms with van der Waals surface area (Å²) in [5, 5.41) is 11.5. The SMILES string of the molecule is O=C(OCc1coc(-c2ccc(F)cc2)n1)c1ccc(N2CCCC2)c([N+](=O)[O-])c1. The molecule has 1 aromatic heterocycles. The standard InChI is InChI=1S/C21H18FN3O5/c22-16-6-3-14(4-7-16)20-23-17(12-29-20)13-30-21(26)15-5-8-18(19(11-15)25(27)28)24-9-1-2-10-24/h3-8,11-12H,1-2,9-10,13H2. The second-order valence-corrected chi connectivity index (χ2v) is 6.88. The maximum Gasteiger partial charge on any atom is 0.338 e. The molecule has 1 aliphatic rings. The number of nitro groups is 1. The Labute approximate surface area is 171 Å². The van der Waals surface area contributed by atoms with Crippen molar-refractivity contribution in [2.75, 3.05) is 18.0 Å². The molecule has 2 aromatic carbocycles. The molecule has 0 bridgehead atoms. The van der Waals surface area contributed by atoms with Crippen molar-refractivity contribution in [1.29, 1.82) is 0 Å². The van der Waals surface area contributed by atoms with Crippen molar-refractivity contribution in [3.05, 3.63) is 75.9 Å². The predicted molar refractivity (Wildman–Crippen MR) is 106 cm³/mol. The van der Waals surface area contributed by atoms with E-state index in [1.807, 2.05) is 4.90 Å². The van der Waals surface area contributed by atoms with E-state index in [1.54, 1.807) is 6.07 Å². The van der Waals surface area contributed by atoms with Gasteiger partial charge >= 0.3 is 5.97 Å². The zero-order chi connectivity index (χ0) is 21.1. The molecule has 9 heteroatoms. The average Bonchev–Trinajstić information content (AvgIpc) is 3.44. The van der Waals surface area contributed by atoms with Crippen molar-refractivity contribution in [2.24, 2.45) is 0 Å². The van der Waals surface area contributed by atoms with Crippen molar-refractivity contribution >= 4 is 17.3 Å². The summed E-state index contributed by atoms with van der Waals surface area (Å²) in [7, 11) is 0. The van der Waals surface area contributed by atoms with E-state index in [1.165, 1.54) is 42.7 Å². The Hall–Kier alpha value is -3.75. The van der Waals surface area contributed by atoms with Gasteiger partial charge in [-0.2, -0.15) is 0 Å². The number of nitrogens with zero attached hydrogens (tertiary/aromatic N) is 3. The molecular formula is C21H18FN3O5. The Morgan fingerprint density at radius 3 is 2.63 bits per heavy atom. The van der Waals surface area contributed by atoms with Gasteiger partial charge in [0.1, 0.15) is 30.1 Å². The second-order valence-electron chi connectivity index (χ2n) is 6.88. The van der Waals surface area contributed by atoms with E-state index < -0.39 is 10.9 Å². The number of esters is 1. The van der Waals surface area contributed by atoms with Gasteiger partial charge in [-0.1, -0.05) is 0 Å². The number of rotatable bonds is 6. The number of anilines is 1. The number of hydrogen-bond donors (Lipinski definition) is 0. The van der Waals surface area contributed by atoms with Crippen molar-refractivity contribution in [1.82, 2.24) is 4.98 Å². The smallest absolute Gasteiger partial charge is 0.338 e. The molecule has 154 valence electrons. The normalized spacial score (nSPS) is 13.4. The van der Waals surface area contributed by atoms with Gasteiger partial charge in [0.2, 0.25) is 5.89 Å². The molecule has 0 saturated carbocycles. The van der Waals surface area contributed by atoms with Crippen LogP contribution < -0.4 is 4.90 Å². The molecule has 0 amide bonds. The molecule has 2 heterocycles. The third kappa shape index (κ3) is 4.14. The minimum absolute atomic E-state index is 0.0897. The van der Waals surface area contributed by atoms with Crippen LogP contribution in [0.25, 0.3) is 11.5 Å². The van der Waals surface area contributed by atoms with E-state index in [2.05, 4.69) is 4.98 Å². The molecule has 30 heavy (non-hydrogen) atoms. The van der Waals surface area contributed by atoms with Crippen molar-refractivity contribution in [3.8, 4) is 11.5 Å². The quantitative estimate of drug-likeness (QED) is 0.338. The van der Waals surface area contributed by atoms with Crippen LogP contribution in [0.2, 0.25) is 0 Å². The first-order chi connectivity index (χ1) is 14.5. The number of nitro benzene ring substituents is 1. The first-order valence-electron chi connectivity index (χ1n) is 9.42. The van der Waals surface area contributed by atoms with Gasteiger partial charge in [-0.15, -0.1) is 0 Å². The maximum absolute atomic E-state index is 13.0. The number of carbonyl (C=O) groups is 1. The Bertz CT molecular complexity index is 1070. The number of carbonyl (C=O) groups excluding carboxylic acids is 1. The van der Waals surface area contributed by atoms with E-state index in [4.69, 9.17) is 9.15 Å².